The summed E-state index contributed by atoms with van der Waals surface area (Å²) in [5.41, 5.74) is 7.30. The normalized spacial score (nSPS) is 15.2. The molecule has 222 valence electrons. The second kappa shape index (κ2) is 14.4. The molecule has 0 radical (unpaired) electrons. The van der Waals surface area contributed by atoms with E-state index in [0.29, 0.717) is 11.2 Å². The van der Waals surface area contributed by atoms with Crippen molar-refractivity contribution in [1.29, 1.82) is 0 Å². The van der Waals surface area contributed by atoms with Crippen molar-refractivity contribution < 1.29 is 33.0 Å². The third-order valence-corrected chi connectivity index (χ3v) is 7.67. The number of imidazole rings is 1. The lowest BCUT2D eigenvalue weighted by atomic mass is 10.2. The van der Waals surface area contributed by atoms with Crippen molar-refractivity contribution in [2.45, 2.75) is 31.8 Å². The van der Waals surface area contributed by atoms with Crippen LogP contribution in [-0.2, 0) is 30.0 Å². The molecule has 0 spiro atoms. The Morgan fingerprint density at radius 1 is 1.17 bits per heavy atom. The minimum atomic E-state index is -4.19. The van der Waals surface area contributed by atoms with Gasteiger partial charge in [-0.25, -0.2) is 9.55 Å². The van der Waals surface area contributed by atoms with Crippen LogP contribution in [0, 0.1) is 0 Å². The summed E-state index contributed by atoms with van der Waals surface area (Å²) in [6.07, 6.45) is 2.08. The fourth-order valence-electron chi connectivity index (χ4n) is 3.66. The molecule has 2 aromatic heterocycles. The number of nitrogen functional groups attached to an aromatic ring is 1. The zero-order valence-electron chi connectivity index (χ0n) is 22.7. The quantitative estimate of drug-likeness (QED) is 0.106. The number of rotatable bonds is 14. The summed E-state index contributed by atoms with van der Waals surface area (Å²) in [6.45, 7) is 1.13. The van der Waals surface area contributed by atoms with Crippen LogP contribution in [0.15, 0.2) is 73.1 Å². The lowest BCUT2D eigenvalue weighted by molar-refractivity contribution is -0.146. The van der Waals surface area contributed by atoms with Gasteiger partial charge in [0.1, 0.15) is 36.9 Å². The van der Waals surface area contributed by atoms with Gasteiger partial charge in [-0.15, -0.1) is 0 Å². The Bertz CT molecular complexity index is 1560. The topological polar surface area (TPSA) is 173 Å². The number of benzene rings is 2. The number of nitrogens with one attached hydrogen (secondary N) is 1. The number of hydrogen-bond donors (Lipinski definition) is 3. The van der Waals surface area contributed by atoms with Gasteiger partial charge in [0.05, 0.1) is 6.61 Å². The number of aliphatic hydroxyl groups excluding tert-OH is 1. The highest BCUT2D eigenvalue weighted by atomic mass is 35.5. The van der Waals surface area contributed by atoms with Crippen LogP contribution in [-0.4, -0.2) is 62.6 Å². The van der Waals surface area contributed by atoms with Gasteiger partial charge in [0, 0.05) is 13.3 Å². The van der Waals surface area contributed by atoms with E-state index in [1.165, 1.54) is 37.2 Å². The van der Waals surface area contributed by atoms with Gasteiger partial charge in [-0.2, -0.15) is 15.1 Å². The maximum atomic E-state index is 13.8. The molecule has 0 aliphatic rings. The second-order valence-electron chi connectivity index (χ2n) is 8.95. The molecule has 0 saturated carbocycles. The largest absolute Gasteiger partial charge is 0.460 e. The van der Waals surface area contributed by atoms with Gasteiger partial charge in [0.15, 0.2) is 17.0 Å². The van der Waals surface area contributed by atoms with Crippen LogP contribution >= 0.6 is 19.3 Å². The first kappa shape index (κ1) is 31.1. The van der Waals surface area contributed by atoms with E-state index in [-0.39, 0.29) is 30.1 Å². The maximum absolute atomic E-state index is 13.8. The van der Waals surface area contributed by atoms with Crippen molar-refractivity contribution in [1.82, 2.24) is 24.6 Å². The van der Waals surface area contributed by atoms with Gasteiger partial charge in [-0.3, -0.25) is 13.9 Å². The molecule has 15 heteroatoms. The Hall–Kier alpha value is -3.84. The first-order valence-corrected chi connectivity index (χ1v) is 14.6. The number of nitrogens with two attached hydrogens (primary N) is 1. The number of carbonyl (C=O) groups excluding carboxylic acids is 1. The molecule has 2 aromatic carbocycles. The van der Waals surface area contributed by atoms with Crippen molar-refractivity contribution >= 4 is 48.5 Å². The van der Waals surface area contributed by atoms with Crippen molar-refractivity contribution in [3.63, 3.8) is 0 Å². The zero-order valence-corrected chi connectivity index (χ0v) is 24.4. The van der Waals surface area contributed by atoms with E-state index in [1.54, 1.807) is 30.3 Å². The molecule has 4 atom stereocenters. The van der Waals surface area contributed by atoms with E-state index in [2.05, 4.69) is 20.0 Å². The zero-order chi connectivity index (χ0) is 30.1. The lowest BCUT2D eigenvalue weighted by Crippen LogP contribution is -2.37. The fourth-order valence-corrected chi connectivity index (χ4v) is 5.33. The van der Waals surface area contributed by atoms with Crippen molar-refractivity contribution in [3.05, 3.63) is 83.9 Å². The predicted octanol–water partition coefficient (Wildman–Crippen LogP) is 3.83. The van der Waals surface area contributed by atoms with Crippen LogP contribution in [0.3, 0.4) is 0 Å². The minimum absolute atomic E-state index is 0.0394. The molecule has 13 nitrogen and oxygen atoms in total. The van der Waals surface area contributed by atoms with Crippen LogP contribution in [0.2, 0.25) is 5.28 Å². The van der Waals surface area contributed by atoms with Crippen LogP contribution in [0.4, 0.5) is 5.82 Å². The smallest absolute Gasteiger partial charge is 0.459 e. The van der Waals surface area contributed by atoms with Crippen LogP contribution in [0.1, 0.15) is 12.5 Å². The molecule has 42 heavy (non-hydrogen) atoms. The standard InChI is InChI=1S/C27H30ClN6O7P/c1-18(26(36)39-15-19-9-5-3-6-10-19)33-42(37,41-20-11-7-4-8-12-20)40-16-22(38-2)21(35)13-14-34-17-30-23-24(29)31-27(28)32-25(23)34/h3-14,17-18,21-22,35H,15-16H2,1-2H3,(H,33,37)(H2,29,31,32)/b14-13-/t18-,21+,22?,42?/m0/s1. The van der Waals surface area contributed by atoms with Gasteiger partial charge in [0.25, 0.3) is 0 Å². The minimum Gasteiger partial charge on any atom is -0.460 e. The van der Waals surface area contributed by atoms with E-state index in [0.717, 1.165) is 5.56 Å². The summed E-state index contributed by atoms with van der Waals surface area (Å²) >= 11 is 5.90. The molecule has 4 rings (SSSR count). The molecule has 0 aliphatic heterocycles. The van der Waals surface area contributed by atoms with Gasteiger partial charge in [0.2, 0.25) is 5.28 Å². The van der Waals surface area contributed by atoms with Crippen molar-refractivity contribution in [2.24, 2.45) is 0 Å². The summed E-state index contributed by atoms with van der Waals surface area (Å²) in [6, 6.07) is 16.4. The summed E-state index contributed by atoms with van der Waals surface area (Å²) in [5, 5.41) is 13.3. The number of methoxy groups -OCH3 is 1. The highest BCUT2D eigenvalue weighted by molar-refractivity contribution is 7.52. The molecule has 0 aliphatic carbocycles. The van der Waals surface area contributed by atoms with Gasteiger partial charge >= 0.3 is 13.7 Å². The average molecular weight is 617 g/mol. The van der Waals surface area contributed by atoms with Crippen LogP contribution < -0.4 is 15.3 Å². The lowest BCUT2D eigenvalue weighted by Gasteiger charge is -2.25. The number of halogens is 1. The summed E-state index contributed by atoms with van der Waals surface area (Å²) in [4.78, 5) is 24.8. The summed E-state index contributed by atoms with van der Waals surface area (Å²) < 4.78 is 37.3. The summed E-state index contributed by atoms with van der Waals surface area (Å²) in [5.74, 6) is -0.317. The third kappa shape index (κ3) is 8.35. The fraction of sp³-hybridized carbons (Fsp3) is 0.259. The number of aromatic nitrogens is 4. The molecular weight excluding hydrogens is 587 g/mol. The number of ether oxygens (including phenoxy) is 2. The second-order valence-corrected chi connectivity index (χ2v) is 11.0. The number of anilines is 1. The van der Waals surface area contributed by atoms with E-state index in [4.69, 9.17) is 35.9 Å². The number of aliphatic hydroxyl groups is 1. The molecule has 0 amide bonds. The van der Waals surface area contributed by atoms with Crippen LogP contribution in [0.5, 0.6) is 5.75 Å². The SMILES string of the molecule is COC(COP(=O)(N[C@@H](C)C(=O)OCc1ccccc1)Oc1ccccc1)[C@H](O)/C=C\n1cnc2c(N)nc(Cl)nc21. The average Bonchev–Trinajstić information content (AvgIpc) is 3.39. The van der Waals surface area contributed by atoms with E-state index >= 15 is 0 Å². The Labute approximate surface area is 246 Å². The van der Waals surface area contributed by atoms with Crippen molar-refractivity contribution in [2.75, 3.05) is 19.5 Å². The Morgan fingerprint density at radius 3 is 2.55 bits per heavy atom. The van der Waals surface area contributed by atoms with Gasteiger partial charge in [-0.1, -0.05) is 48.5 Å². The molecule has 0 bridgehead atoms. The molecule has 4 N–H and O–H groups in total. The predicted molar refractivity (Wildman–Crippen MR) is 156 cm³/mol. The molecular formula is C27H30ClN6O7P. The monoisotopic (exact) mass is 616 g/mol. The summed E-state index contributed by atoms with van der Waals surface area (Å²) in [7, 11) is -2.84. The number of carbonyl (C=O) groups is 1. The molecule has 4 aromatic rings. The number of esters is 1. The van der Waals surface area contributed by atoms with Gasteiger partial charge in [-0.05, 0) is 42.3 Å². The maximum Gasteiger partial charge on any atom is 0.459 e. The number of nitrogens with zero attached hydrogens (tertiary/aromatic N) is 4. The molecule has 0 saturated heterocycles. The van der Waals surface area contributed by atoms with Crippen LogP contribution in [0.25, 0.3) is 17.4 Å². The number of hydrogen-bond acceptors (Lipinski definition) is 11. The first-order chi connectivity index (χ1) is 20.2. The van der Waals surface area contributed by atoms with E-state index in [9.17, 15) is 14.5 Å². The molecule has 0 fully saturated rings. The van der Waals surface area contributed by atoms with Crippen molar-refractivity contribution in [3.8, 4) is 5.75 Å². The molecule has 2 heterocycles. The Balaban J connectivity index is 1.43. The van der Waals surface area contributed by atoms with E-state index < -0.39 is 32.0 Å². The van der Waals surface area contributed by atoms with E-state index in [1.807, 2.05) is 30.3 Å². The third-order valence-electron chi connectivity index (χ3n) is 5.86. The highest BCUT2D eigenvalue weighted by Crippen LogP contribution is 2.45. The number of fused-ring (bicyclic) bond motifs is 1. The highest BCUT2D eigenvalue weighted by Gasteiger charge is 2.34. The van der Waals surface area contributed by atoms with Gasteiger partial charge < -0.3 is 24.8 Å². The molecule has 2 unspecified atom stereocenters. The Kier molecular flexibility index (Phi) is 10.6. The number of para-hydroxylation sites is 1. The Morgan fingerprint density at radius 2 is 1.86 bits per heavy atom. The first-order valence-electron chi connectivity index (χ1n) is 12.7.